The molecule has 0 atom stereocenters. The molecule has 0 radical (unpaired) electrons. The van der Waals surface area contributed by atoms with Crippen molar-refractivity contribution < 1.29 is 14.3 Å². The summed E-state index contributed by atoms with van der Waals surface area (Å²) in [5.41, 5.74) is 2.94. The standard InChI is InChI=1S/C22H21ClN2O3S/c1-14(2)16-6-4-15(5-7-16)12-19-21(27)25(18-10-8-17(23)9-11-18)22(29)24(19)13-20(26)28-3/h4-12,14H,13H2,1-3H3/b19-12-. The third-order valence-corrected chi connectivity index (χ3v) is 5.30. The first-order chi connectivity index (χ1) is 13.8. The van der Waals surface area contributed by atoms with Crippen molar-refractivity contribution in [2.75, 3.05) is 18.6 Å². The maximum Gasteiger partial charge on any atom is 0.325 e. The third-order valence-electron chi connectivity index (χ3n) is 4.64. The number of benzene rings is 2. The van der Waals surface area contributed by atoms with Gasteiger partial charge in [-0.15, -0.1) is 0 Å². The number of methoxy groups -OCH3 is 1. The Morgan fingerprint density at radius 1 is 1.14 bits per heavy atom. The zero-order valence-corrected chi connectivity index (χ0v) is 18.0. The first-order valence-corrected chi connectivity index (χ1v) is 9.90. The van der Waals surface area contributed by atoms with Gasteiger partial charge in [0.05, 0.1) is 12.8 Å². The molecule has 2 aromatic rings. The molecule has 150 valence electrons. The largest absolute Gasteiger partial charge is 0.468 e. The number of carbonyl (C=O) groups is 2. The first-order valence-electron chi connectivity index (χ1n) is 9.12. The van der Waals surface area contributed by atoms with Crippen LogP contribution in [-0.2, 0) is 14.3 Å². The summed E-state index contributed by atoms with van der Waals surface area (Å²) < 4.78 is 4.78. The van der Waals surface area contributed by atoms with Gasteiger partial charge in [-0.2, -0.15) is 0 Å². The maximum atomic E-state index is 13.2. The van der Waals surface area contributed by atoms with Crippen molar-refractivity contribution in [3.05, 3.63) is 70.4 Å². The fourth-order valence-corrected chi connectivity index (χ4v) is 3.46. The van der Waals surface area contributed by atoms with Gasteiger partial charge in [-0.05, 0) is 59.6 Å². The highest BCUT2D eigenvalue weighted by Gasteiger charge is 2.40. The van der Waals surface area contributed by atoms with Crippen molar-refractivity contribution in [1.82, 2.24) is 4.90 Å². The van der Waals surface area contributed by atoms with Crippen LogP contribution >= 0.6 is 23.8 Å². The molecular formula is C22H21ClN2O3S. The number of amides is 1. The molecule has 0 aromatic heterocycles. The van der Waals surface area contributed by atoms with Gasteiger partial charge in [-0.25, -0.2) is 0 Å². The van der Waals surface area contributed by atoms with E-state index in [0.717, 1.165) is 5.56 Å². The van der Waals surface area contributed by atoms with E-state index in [1.54, 1.807) is 30.3 Å². The zero-order valence-electron chi connectivity index (χ0n) is 16.4. The van der Waals surface area contributed by atoms with Gasteiger partial charge in [0.2, 0.25) is 0 Å². The summed E-state index contributed by atoms with van der Waals surface area (Å²) in [5, 5.41) is 0.770. The second-order valence-electron chi connectivity index (χ2n) is 6.91. The molecule has 1 saturated heterocycles. The van der Waals surface area contributed by atoms with E-state index in [1.807, 2.05) is 24.3 Å². The quantitative estimate of drug-likeness (QED) is 0.395. The van der Waals surface area contributed by atoms with Gasteiger partial charge in [0, 0.05) is 5.02 Å². The zero-order chi connectivity index (χ0) is 21.1. The molecule has 0 N–H and O–H groups in total. The lowest BCUT2D eigenvalue weighted by atomic mass is 10.0. The second kappa shape index (κ2) is 8.76. The van der Waals surface area contributed by atoms with Gasteiger partial charge in [0.25, 0.3) is 5.91 Å². The minimum Gasteiger partial charge on any atom is -0.468 e. The number of rotatable bonds is 5. The predicted octanol–water partition coefficient (Wildman–Crippen LogP) is 4.61. The van der Waals surface area contributed by atoms with Gasteiger partial charge in [0.15, 0.2) is 5.11 Å². The first kappa shape index (κ1) is 21.0. The Morgan fingerprint density at radius 2 is 1.76 bits per heavy atom. The van der Waals surface area contributed by atoms with Crippen LogP contribution in [0.5, 0.6) is 0 Å². The molecule has 1 aliphatic rings. The Hall–Kier alpha value is -2.70. The predicted molar refractivity (Wildman–Crippen MR) is 119 cm³/mol. The number of ether oxygens (including phenoxy) is 1. The average Bonchev–Trinajstić information content (AvgIpc) is 2.93. The summed E-state index contributed by atoms with van der Waals surface area (Å²) in [6.07, 6.45) is 1.73. The number of hydrogen-bond acceptors (Lipinski definition) is 4. The van der Waals surface area contributed by atoms with Crippen molar-refractivity contribution in [3.8, 4) is 0 Å². The second-order valence-corrected chi connectivity index (χ2v) is 7.71. The van der Waals surface area contributed by atoms with Gasteiger partial charge in [-0.3, -0.25) is 14.5 Å². The minimum absolute atomic E-state index is 0.152. The lowest BCUT2D eigenvalue weighted by molar-refractivity contribution is -0.140. The number of halogens is 1. The van der Waals surface area contributed by atoms with E-state index >= 15 is 0 Å². The number of anilines is 1. The van der Waals surface area contributed by atoms with Crippen LogP contribution in [0, 0.1) is 0 Å². The van der Waals surface area contributed by atoms with Crippen molar-refractivity contribution >= 4 is 52.6 Å². The van der Waals surface area contributed by atoms with Crippen LogP contribution in [0.25, 0.3) is 6.08 Å². The highest BCUT2D eigenvalue weighted by atomic mass is 35.5. The summed E-state index contributed by atoms with van der Waals surface area (Å²) >= 11 is 11.5. The number of carbonyl (C=O) groups excluding carboxylic acids is 2. The molecule has 1 amide bonds. The molecule has 5 nitrogen and oxygen atoms in total. The third kappa shape index (κ3) is 4.49. The lowest BCUT2D eigenvalue weighted by Gasteiger charge is -2.19. The van der Waals surface area contributed by atoms with Crippen molar-refractivity contribution in [2.24, 2.45) is 0 Å². The Morgan fingerprint density at radius 3 is 2.31 bits per heavy atom. The van der Waals surface area contributed by atoms with Crippen LogP contribution in [0.15, 0.2) is 54.2 Å². The maximum absolute atomic E-state index is 13.2. The highest BCUT2D eigenvalue weighted by molar-refractivity contribution is 7.80. The van der Waals surface area contributed by atoms with Gasteiger partial charge < -0.3 is 9.64 Å². The Bertz CT molecular complexity index is 969. The SMILES string of the molecule is COC(=O)CN1C(=S)N(c2ccc(Cl)cc2)C(=O)/C1=C/c1ccc(C(C)C)cc1. The van der Waals surface area contributed by atoms with Crippen LogP contribution in [0.2, 0.25) is 5.02 Å². The van der Waals surface area contributed by atoms with Crippen molar-refractivity contribution in [2.45, 2.75) is 19.8 Å². The van der Waals surface area contributed by atoms with E-state index in [9.17, 15) is 9.59 Å². The normalized spacial score (nSPS) is 15.6. The molecule has 7 heteroatoms. The Balaban J connectivity index is 2.01. The molecule has 2 aromatic carbocycles. The Labute approximate surface area is 180 Å². The number of hydrogen-bond donors (Lipinski definition) is 0. The topological polar surface area (TPSA) is 49.9 Å². The lowest BCUT2D eigenvalue weighted by Crippen LogP contribution is -2.35. The minimum atomic E-state index is -0.487. The smallest absolute Gasteiger partial charge is 0.325 e. The molecule has 0 bridgehead atoms. The molecule has 1 fully saturated rings. The molecule has 0 aliphatic carbocycles. The van der Waals surface area contributed by atoms with Crippen LogP contribution in [-0.4, -0.2) is 35.5 Å². The fraction of sp³-hybridized carbons (Fsp3) is 0.227. The monoisotopic (exact) mass is 428 g/mol. The Kier molecular flexibility index (Phi) is 6.35. The molecule has 0 spiro atoms. The van der Waals surface area contributed by atoms with Gasteiger partial charge in [-0.1, -0.05) is 49.7 Å². The molecule has 29 heavy (non-hydrogen) atoms. The summed E-state index contributed by atoms with van der Waals surface area (Å²) in [4.78, 5) is 28.0. The highest BCUT2D eigenvalue weighted by Crippen LogP contribution is 2.30. The van der Waals surface area contributed by atoms with Gasteiger partial charge in [0.1, 0.15) is 12.2 Å². The molecule has 1 heterocycles. The van der Waals surface area contributed by atoms with E-state index in [-0.39, 0.29) is 17.6 Å². The molecule has 3 rings (SSSR count). The molecule has 1 aliphatic heterocycles. The van der Waals surface area contributed by atoms with Crippen LogP contribution < -0.4 is 4.90 Å². The van der Waals surface area contributed by atoms with E-state index in [2.05, 4.69) is 13.8 Å². The molecule has 0 saturated carbocycles. The summed E-state index contributed by atoms with van der Waals surface area (Å²) in [5.74, 6) is -0.387. The number of thiocarbonyl (C=S) groups is 1. The van der Waals surface area contributed by atoms with Crippen LogP contribution in [0.4, 0.5) is 5.69 Å². The van der Waals surface area contributed by atoms with Crippen molar-refractivity contribution in [3.63, 3.8) is 0 Å². The summed E-state index contributed by atoms with van der Waals surface area (Å²) in [7, 11) is 1.30. The fourth-order valence-electron chi connectivity index (χ4n) is 2.98. The average molecular weight is 429 g/mol. The summed E-state index contributed by atoms with van der Waals surface area (Å²) in [6, 6.07) is 14.7. The van der Waals surface area contributed by atoms with E-state index in [0.29, 0.717) is 22.3 Å². The van der Waals surface area contributed by atoms with E-state index < -0.39 is 5.97 Å². The van der Waals surface area contributed by atoms with Crippen LogP contribution in [0.3, 0.4) is 0 Å². The van der Waals surface area contributed by atoms with Gasteiger partial charge >= 0.3 is 5.97 Å². The molecule has 0 unspecified atom stereocenters. The molecular weight excluding hydrogens is 408 g/mol. The van der Waals surface area contributed by atoms with E-state index in [4.69, 9.17) is 28.6 Å². The number of esters is 1. The van der Waals surface area contributed by atoms with Crippen LogP contribution in [0.1, 0.15) is 30.9 Å². The van der Waals surface area contributed by atoms with Crippen molar-refractivity contribution in [1.29, 1.82) is 0 Å². The van der Waals surface area contributed by atoms with E-state index in [1.165, 1.54) is 22.5 Å². The number of nitrogens with zero attached hydrogens (tertiary/aromatic N) is 2. The summed E-state index contributed by atoms with van der Waals surface area (Å²) in [6.45, 7) is 4.09.